The number of carbonyl (C=O) groups is 1. The molecule has 0 radical (unpaired) electrons. The van der Waals surface area contributed by atoms with Crippen LogP contribution >= 0.6 is 7.92 Å². The Labute approximate surface area is 217 Å². The first kappa shape index (κ1) is 27.5. The Kier molecular flexibility index (Phi) is 7.97. The summed E-state index contributed by atoms with van der Waals surface area (Å²) in [6.45, 7) is 1.74. The van der Waals surface area contributed by atoms with E-state index in [4.69, 9.17) is 0 Å². The molecule has 3 nitrogen and oxygen atoms in total. The van der Waals surface area contributed by atoms with Crippen molar-refractivity contribution in [1.82, 2.24) is 5.32 Å². The third-order valence-corrected chi connectivity index (χ3v) is 8.55. The number of anilines is 1. The molecule has 198 valence electrons. The lowest BCUT2D eigenvalue weighted by atomic mass is 10.0. The SMILES string of the molecule is C[C@@H](NC(=O)Nc1cc(C(F)(F)F)cc(C(F)(F)F)c1)[C@@H]1C=CC=C1P(c1ccccc1)c1ccccc1. The van der Waals surface area contributed by atoms with Gasteiger partial charge in [0.2, 0.25) is 0 Å². The molecule has 0 fully saturated rings. The Morgan fingerprint density at radius 3 is 1.79 bits per heavy atom. The normalized spacial score (nSPS) is 16.3. The maximum absolute atomic E-state index is 13.2. The van der Waals surface area contributed by atoms with Crippen LogP contribution in [0.2, 0.25) is 0 Å². The average Bonchev–Trinajstić information content (AvgIpc) is 3.34. The number of amides is 2. The molecule has 1 aliphatic carbocycles. The molecule has 10 heteroatoms. The minimum atomic E-state index is -5.01. The topological polar surface area (TPSA) is 41.1 Å². The number of hydrogen-bond acceptors (Lipinski definition) is 1. The van der Waals surface area contributed by atoms with Crippen LogP contribution < -0.4 is 21.2 Å². The zero-order chi connectivity index (χ0) is 27.5. The van der Waals surface area contributed by atoms with Crippen molar-refractivity contribution in [1.29, 1.82) is 0 Å². The molecular formula is C28H23F6N2OP. The summed E-state index contributed by atoms with van der Waals surface area (Å²) < 4.78 is 79.1. The standard InChI is InChI=1S/C28H23F6N2OP/c1-18(35-26(37)36-21-16-19(27(29,30)31)15-20(17-21)28(32,33)34)24-13-8-14-25(24)38(22-9-4-2-5-10-22)23-11-6-3-7-12-23/h2-18,24H,1H3,(H2,35,36,37)/t18-,24+/m1/s1. The van der Waals surface area contributed by atoms with Gasteiger partial charge in [0.25, 0.3) is 0 Å². The van der Waals surface area contributed by atoms with E-state index in [0.717, 1.165) is 15.9 Å². The van der Waals surface area contributed by atoms with Crippen molar-refractivity contribution in [2.75, 3.05) is 5.32 Å². The molecule has 2 N–H and O–H groups in total. The summed E-state index contributed by atoms with van der Waals surface area (Å²) in [5.41, 5.74) is -3.61. The van der Waals surface area contributed by atoms with Gasteiger partial charge in [-0.3, -0.25) is 0 Å². The molecular weight excluding hydrogens is 525 g/mol. The molecule has 0 aromatic heterocycles. The largest absolute Gasteiger partial charge is 0.416 e. The van der Waals surface area contributed by atoms with Gasteiger partial charge in [0.05, 0.1) is 11.1 Å². The summed E-state index contributed by atoms with van der Waals surface area (Å²) in [6, 6.07) is 19.3. The molecule has 0 bridgehead atoms. The van der Waals surface area contributed by atoms with Crippen molar-refractivity contribution in [2.24, 2.45) is 5.92 Å². The Morgan fingerprint density at radius 2 is 1.32 bits per heavy atom. The fraction of sp³-hybridized carbons (Fsp3) is 0.179. The number of alkyl halides is 6. The summed E-state index contributed by atoms with van der Waals surface area (Å²) in [5, 5.41) is 8.09. The van der Waals surface area contributed by atoms with E-state index in [2.05, 4.69) is 10.6 Å². The van der Waals surface area contributed by atoms with Gasteiger partial charge >= 0.3 is 18.4 Å². The highest BCUT2D eigenvalue weighted by molar-refractivity contribution is 7.76. The maximum Gasteiger partial charge on any atom is 0.416 e. The van der Waals surface area contributed by atoms with Crippen LogP contribution in [0.1, 0.15) is 18.1 Å². The highest BCUT2D eigenvalue weighted by atomic mass is 31.1. The molecule has 0 saturated heterocycles. The van der Waals surface area contributed by atoms with Crippen LogP contribution in [0.3, 0.4) is 0 Å². The van der Waals surface area contributed by atoms with Gasteiger partial charge in [-0.15, -0.1) is 0 Å². The Bertz CT molecular complexity index is 1270. The molecule has 2 atom stereocenters. The number of carbonyl (C=O) groups excluding carboxylic acids is 1. The molecule has 4 rings (SSSR count). The fourth-order valence-corrected chi connectivity index (χ4v) is 6.90. The predicted molar refractivity (Wildman–Crippen MR) is 138 cm³/mol. The summed E-state index contributed by atoms with van der Waals surface area (Å²) in [5.74, 6) is -0.237. The third-order valence-electron chi connectivity index (χ3n) is 5.96. The molecule has 0 aliphatic heterocycles. The van der Waals surface area contributed by atoms with E-state index in [1.54, 1.807) is 6.92 Å². The number of halogens is 6. The van der Waals surface area contributed by atoms with E-state index >= 15 is 0 Å². The van der Waals surface area contributed by atoms with Crippen molar-refractivity contribution in [3.8, 4) is 0 Å². The Hall–Kier alpha value is -3.58. The minimum Gasteiger partial charge on any atom is -0.334 e. The molecule has 0 unspecified atom stereocenters. The van der Waals surface area contributed by atoms with E-state index < -0.39 is 49.2 Å². The lowest BCUT2D eigenvalue weighted by Gasteiger charge is -2.29. The second kappa shape index (κ2) is 11.0. The Morgan fingerprint density at radius 1 is 0.816 bits per heavy atom. The number of benzene rings is 3. The summed E-state index contributed by atoms with van der Waals surface area (Å²) >= 11 is 0. The van der Waals surface area contributed by atoms with Gasteiger partial charge in [-0.2, -0.15) is 26.3 Å². The zero-order valence-corrected chi connectivity index (χ0v) is 20.9. The summed E-state index contributed by atoms with van der Waals surface area (Å²) in [4.78, 5) is 12.7. The molecule has 2 amide bonds. The summed E-state index contributed by atoms with van der Waals surface area (Å²) in [7, 11) is -0.955. The molecule has 0 saturated carbocycles. The van der Waals surface area contributed by atoms with Crippen molar-refractivity contribution in [3.05, 3.63) is 114 Å². The minimum absolute atomic E-state index is 0.0154. The Balaban J connectivity index is 1.55. The molecule has 0 spiro atoms. The van der Waals surface area contributed by atoms with Crippen molar-refractivity contribution in [3.63, 3.8) is 0 Å². The molecule has 38 heavy (non-hydrogen) atoms. The highest BCUT2D eigenvalue weighted by Gasteiger charge is 2.37. The smallest absolute Gasteiger partial charge is 0.334 e. The van der Waals surface area contributed by atoms with Gasteiger partial charge in [-0.05, 0) is 49.0 Å². The predicted octanol–water partition coefficient (Wildman–Crippen LogP) is 7.44. The highest BCUT2D eigenvalue weighted by Crippen LogP contribution is 2.49. The number of allylic oxidation sites excluding steroid dienone is 2. The molecule has 3 aromatic carbocycles. The average molecular weight is 548 g/mol. The van der Waals surface area contributed by atoms with Gasteiger partial charge in [0.15, 0.2) is 0 Å². The first-order valence-corrected chi connectivity index (χ1v) is 12.9. The fourth-order valence-electron chi connectivity index (χ4n) is 4.22. The van der Waals surface area contributed by atoms with Crippen molar-refractivity contribution in [2.45, 2.75) is 25.3 Å². The van der Waals surface area contributed by atoms with Gasteiger partial charge in [-0.1, -0.05) is 78.9 Å². The molecule has 1 aliphatic rings. The van der Waals surface area contributed by atoms with Gasteiger partial charge < -0.3 is 10.6 Å². The van der Waals surface area contributed by atoms with Gasteiger partial charge in [0.1, 0.15) is 0 Å². The van der Waals surface area contributed by atoms with Crippen LogP contribution in [0.4, 0.5) is 36.8 Å². The summed E-state index contributed by atoms with van der Waals surface area (Å²) in [6.07, 6.45) is -4.22. The molecule has 3 aromatic rings. The van der Waals surface area contributed by atoms with E-state index in [1.165, 1.54) is 0 Å². The van der Waals surface area contributed by atoms with Crippen LogP contribution in [0.25, 0.3) is 0 Å². The van der Waals surface area contributed by atoms with E-state index in [-0.39, 0.29) is 12.0 Å². The molecule has 0 heterocycles. The first-order valence-electron chi connectivity index (χ1n) is 11.6. The zero-order valence-electron chi connectivity index (χ0n) is 20.0. The quantitative estimate of drug-likeness (QED) is 0.244. The number of urea groups is 1. The van der Waals surface area contributed by atoms with Crippen molar-refractivity contribution < 1.29 is 31.1 Å². The van der Waals surface area contributed by atoms with Gasteiger partial charge in [-0.25, -0.2) is 4.79 Å². The lowest BCUT2D eigenvalue weighted by molar-refractivity contribution is -0.143. The first-order chi connectivity index (χ1) is 17.9. The van der Waals surface area contributed by atoms with Gasteiger partial charge in [0, 0.05) is 17.6 Å². The van der Waals surface area contributed by atoms with Crippen LogP contribution in [0, 0.1) is 5.92 Å². The second-order valence-corrected chi connectivity index (χ2v) is 10.9. The maximum atomic E-state index is 13.2. The number of nitrogens with one attached hydrogen (secondary N) is 2. The van der Waals surface area contributed by atoms with Crippen LogP contribution in [0.5, 0.6) is 0 Å². The third kappa shape index (κ3) is 6.45. The van der Waals surface area contributed by atoms with Crippen molar-refractivity contribution >= 4 is 30.2 Å². The lowest BCUT2D eigenvalue weighted by Crippen LogP contribution is -2.40. The van der Waals surface area contributed by atoms with E-state index in [0.29, 0.717) is 12.1 Å². The van der Waals surface area contributed by atoms with E-state index in [1.807, 2.05) is 78.9 Å². The van der Waals surface area contributed by atoms with E-state index in [9.17, 15) is 31.1 Å². The number of rotatable bonds is 6. The van der Waals surface area contributed by atoms with Crippen LogP contribution in [0.15, 0.2) is 102 Å². The monoisotopic (exact) mass is 548 g/mol. The van der Waals surface area contributed by atoms with Crippen LogP contribution in [-0.2, 0) is 12.4 Å². The van der Waals surface area contributed by atoms with Crippen LogP contribution in [-0.4, -0.2) is 12.1 Å². The number of hydrogen-bond donors (Lipinski definition) is 2. The second-order valence-electron chi connectivity index (χ2n) is 8.69.